The van der Waals surface area contributed by atoms with E-state index in [-0.39, 0.29) is 0 Å². The number of hydrogen-bond acceptors (Lipinski definition) is 3. The fraction of sp³-hybridized carbons (Fsp3) is 0.188. The Balaban J connectivity index is 1.75. The summed E-state index contributed by atoms with van der Waals surface area (Å²) in [6.07, 6.45) is 0. The van der Waals surface area contributed by atoms with Crippen LogP contribution in [0.3, 0.4) is 0 Å². The maximum Gasteiger partial charge on any atom is 0.129 e. The van der Waals surface area contributed by atoms with Crippen molar-refractivity contribution in [3.63, 3.8) is 0 Å². The second-order valence-corrected chi connectivity index (χ2v) is 5.26. The van der Waals surface area contributed by atoms with Gasteiger partial charge in [0, 0.05) is 5.02 Å². The Bertz CT molecular complexity index is 601. The van der Waals surface area contributed by atoms with Crippen LogP contribution in [-0.4, -0.2) is 18.2 Å². The molecule has 0 aromatic heterocycles. The van der Waals surface area contributed by atoms with Gasteiger partial charge in [0.05, 0.1) is 18.8 Å². The molecule has 2 aromatic carbocycles. The van der Waals surface area contributed by atoms with Gasteiger partial charge in [-0.3, -0.25) is 0 Å². The SMILES string of the molecule is NC(=S)c1ccccc1OCCOCc1ccc(Cl)cc1. The normalized spacial score (nSPS) is 10.3. The van der Waals surface area contributed by atoms with Crippen LogP contribution in [0.2, 0.25) is 5.02 Å². The van der Waals surface area contributed by atoms with E-state index < -0.39 is 0 Å². The molecule has 0 atom stereocenters. The van der Waals surface area contributed by atoms with Gasteiger partial charge in [0.2, 0.25) is 0 Å². The highest BCUT2D eigenvalue weighted by molar-refractivity contribution is 7.80. The zero-order valence-corrected chi connectivity index (χ0v) is 13.0. The highest BCUT2D eigenvalue weighted by Gasteiger charge is 2.04. The number of ether oxygens (including phenoxy) is 2. The van der Waals surface area contributed by atoms with E-state index in [1.54, 1.807) is 0 Å². The first-order valence-corrected chi connectivity index (χ1v) is 7.29. The van der Waals surface area contributed by atoms with E-state index in [2.05, 4.69) is 0 Å². The van der Waals surface area contributed by atoms with E-state index in [4.69, 9.17) is 39.0 Å². The number of hydrogen-bond donors (Lipinski definition) is 1. The molecular formula is C16H16ClNO2S. The summed E-state index contributed by atoms with van der Waals surface area (Å²) in [5.41, 5.74) is 7.46. The molecule has 0 radical (unpaired) electrons. The van der Waals surface area contributed by atoms with E-state index in [0.29, 0.717) is 30.6 Å². The summed E-state index contributed by atoms with van der Waals surface area (Å²) in [7, 11) is 0. The van der Waals surface area contributed by atoms with Gasteiger partial charge in [-0.25, -0.2) is 0 Å². The minimum atomic E-state index is 0.327. The predicted molar refractivity (Wildman–Crippen MR) is 88.9 cm³/mol. The lowest BCUT2D eigenvalue weighted by Crippen LogP contribution is -2.13. The summed E-state index contributed by atoms with van der Waals surface area (Å²) in [4.78, 5) is 0.327. The van der Waals surface area contributed by atoms with Crippen LogP contribution < -0.4 is 10.5 Å². The molecule has 21 heavy (non-hydrogen) atoms. The average molecular weight is 322 g/mol. The van der Waals surface area contributed by atoms with E-state index in [1.807, 2.05) is 48.5 Å². The van der Waals surface area contributed by atoms with Crippen molar-refractivity contribution >= 4 is 28.8 Å². The Morgan fingerprint density at radius 2 is 1.76 bits per heavy atom. The van der Waals surface area contributed by atoms with Crippen molar-refractivity contribution in [1.29, 1.82) is 0 Å². The molecule has 2 aromatic rings. The molecule has 5 heteroatoms. The number of nitrogens with two attached hydrogens (primary N) is 1. The Hall–Kier alpha value is -1.62. The van der Waals surface area contributed by atoms with Crippen molar-refractivity contribution in [1.82, 2.24) is 0 Å². The molecule has 0 aliphatic heterocycles. The van der Waals surface area contributed by atoms with Crippen molar-refractivity contribution < 1.29 is 9.47 Å². The molecular weight excluding hydrogens is 306 g/mol. The number of rotatable bonds is 7. The molecule has 0 saturated heterocycles. The van der Waals surface area contributed by atoms with Gasteiger partial charge in [-0.05, 0) is 29.8 Å². The quantitative estimate of drug-likeness (QED) is 0.625. The van der Waals surface area contributed by atoms with Crippen molar-refractivity contribution in [2.75, 3.05) is 13.2 Å². The first-order chi connectivity index (χ1) is 10.2. The number of benzene rings is 2. The van der Waals surface area contributed by atoms with Crippen molar-refractivity contribution in [3.8, 4) is 5.75 Å². The highest BCUT2D eigenvalue weighted by atomic mass is 35.5. The summed E-state index contributed by atoms with van der Waals surface area (Å²) in [5, 5.41) is 0.719. The monoisotopic (exact) mass is 321 g/mol. The van der Waals surface area contributed by atoms with E-state index in [9.17, 15) is 0 Å². The summed E-state index contributed by atoms with van der Waals surface area (Å²) < 4.78 is 11.2. The Morgan fingerprint density at radius 3 is 2.48 bits per heavy atom. The van der Waals surface area contributed by atoms with E-state index in [0.717, 1.165) is 16.1 Å². The van der Waals surface area contributed by atoms with Crippen LogP contribution in [0.4, 0.5) is 0 Å². The third kappa shape index (κ3) is 5.01. The van der Waals surface area contributed by atoms with Crippen LogP contribution in [0.5, 0.6) is 5.75 Å². The van der Waals surface area contributed by atoms with Gasteiger partial charge in [-0.1, -0.05) is 48.1 Å². The largest absolute Gasteiger partial charge is 0.490 e. The third-order valence-electron chi connectivity index (χ3n) is 2.82. The van der Waals surface area contributed by atoms with Crippen LogP contribution in [-0.2, 0) is 11.3 Å². The molecule has 0 fully saturated rings. The van der Waals surface area contributed by atoms with Crippen LogP contribution in [0.25, 0.3) is 0 Å². The highest BCUT2D eigenvalue weighted by Crippen LogP contribution is 2.17. The Kier molecular flexibility index (Phi) is 5.99. The molecule has 3 nitrogen and oxygen atoms in total. The third-order valence-corrected chi connectivity index (χ3v) is 3.29. The predicted octanol–water partition coefficient (Wildman–Crippen LogP) is 3.57. The lowest BCUT2D eigenvalue weighted by atomic mass is 10.2. The van der Waals surface area contributed by atoms with Gasteiger partial charge in [0.1, 0.15) is 17.3 Å². The van der Waals surface area contributed by atoms with Gasteiger partial charge in [0.25, 0.3) is 0 Å². The minimum absolute atomic E-state index is 0.327. The van der Waals surface area contributed by atoms with Gasteiger partial charge >= 0.3 is 0 Å². The van der Waals surface area contributed by atoms with Crippen LogP contribution in [0.1, 0.15) is 11.1 Å². The van der Waals surface area contributed by atoms with Gasteiger partial charge in [-0.2, -0.15) is 0 Å². The lowest BCUT2D eigenvalue weighted by molar-refractivity contribution is 0.0889. The standard InChI is InChI=1S/C16H16ClNO2S/c17-13-7-5-12(6-8-13)11-19-9-10-20-15-4-2-1-3-14(15)16(18)21/h1-8H,9-11H2,(H2,18,21). The maximum absolute atomic E-state index is 5.82. The summed E-state index contributed by atoms with van der Waals surface area (Å²) in [6.45, 7) is 1.44. The van der Waals surface area contributed by atoms with Crippen LogP contribution in [0.15, 0.2) is 48.5 Å². The molecule has 2 rings (SSSR count). The minimum Gasteiger partial charge on any atom is -0.490 e. The van der Waals surface area contributed by atoms with Crippen molar-refractivity contribution in [3.05, 3.63) is 64.7 Å². The molecule has 0 spiro atoms. The topological polar surface area (TPSA) is 44.5 Å². The zero-order valence-electron chi connectivity index (χ0n) is 11.4. The van der Waals surface area contributed by atoms with Crippen LogP contribution >= 0.6 is 23.8 Å². The van der Waals surface area contributed by atoms with Gasteiger partial charge in [-0.15, -0.1) is 0 Å². The number of halogens is 1. The molecule has 0 saturated carbocycles. The second-order valence-electron chi connectivity index (χ2n) is 4.39. The molecule has 0 bridgehead atoms. The van der Waals surface area contributed by atoms with Gasteiger partial charge < -0.3 is 15.2 Å². The van der Waals surface area contributed by atoms with Crippen molar-refractivity contribution in [2.24, 2.45) is 5.73 Å². The fourth-order valence-electron chi connectivity index (χ4n) is 1.78. The van der Waals surface area contributed by atoms with Crippen LogP contribution in [0, 0.1) is 0 Å². The van der Waals surface area contributed by atoms with E-state index >= 15 is 0 Å². The Labute approximate surface area is 134 Å². The average Bonchev–Trinajstić information content (AvgIpc) is 2.49. The number of para-hydroxylation sites is 1. The smallest absolute Gasteiger partial charge is 0.129 e. The van der Waals surface area contributed by atoms with E-state index in [1.165, 1.54) is 0 Å². The molecule has 0 aliphatic carbocycles. The van der Waals surface area contributed by atoms with Crippen molar-refractivity contribution in [2.45, 2.75) is 6.61 Å². The Morgan fingerprint density at radius 1 is 1.05 bits per heavy atom. The first-order valence-electron chi connectivity index (χ1n) is 6.50. The zero-order chi connectivity index (χ0) is 15.1. The molecule has 0 unspecified atom stereocenters. The molecule has 110 valence electrons. The molecule has 2 N–H and O–H groups in total. The summed E-state index contributed by atoms with van der Waals surface area (Å²) >= 11 is 10.8. The lowest BCUT2D eigenvalue weighted by Gasteiger charge is -2.10. The van der Waals surface area contributed by atoms with Gasteiger partial charge in [0.15, 0.2) is 0 Å². The fourth-order valence-corrected chi connectivity index (χ4v) is 2.07. The molecule has 0 aliphatic rings. The number of thiocarbonyl (C=S) groups is 1. The molecule has 0 amide bonds. The first kappa shape index (κ1) is 15.8. The second kappa shape index (κ2) is 7.98. The molecule has 0 heterocycles. The maximum atomic E-state index is 5.82. The summed E-state index contributed by atoms with van der Waals surface area (Å²) in [6, 6.07) is 15.0. The summed E-state index contributed by atoms with van der Waals surface area (Å²) in [5.74, 6) is 0.681.